The fraction of sp³-hybridized carbons (Fsp3) is 0.562. The summed E-state index contributed by atoms with van der Waals surface area (Å²) in [5.74, 6) is 0.978. The molecule has 1 aromatic carbocycles. The van der Waals surface area contributed by atoms with Gasteiger partial charge in [-0.3, -0.25) is 4.79 Å². The molecule has 19 heavy (non-hydrogen) atoms. The van der Waals surface area contributed by atoms with E-state index in [9.17, 15) is 4.79 Å². The lowest BCUT2D eigenvalue weighted by Crippen LogP contribution is -2.00. The van der Waals surface area contributed by atoms with Crippen LogP contribution in [-0.2, 0) is 4.79 Å². The van der Waals surface area contributed by atoms with Crippen LogP contribution in [-0.4, -0.2) is 11.5 Å². The molecular formula is C16H23BrOS. The van der Waals surface area contributed by atoms with Gasteiger partial charge in [-0.25, -0.2) is 0 Å². The van der Waals surface area contributed by atoms with Crippen LogP contribution in [0.3, 0.4) is 0 Å². The molecule has 0 N–H and O–H groups in total. The summed E-state index contributed by atoms with van der Waals surface area (Å²) >= 11 is 5.08. The number of unbranched alkanes of at least 4 members (excludes halogenated alkanes) is 5. The van der Waals surface area contributed by atoms with Gasteiger partial charge in [-0.1, -0.05) is 61.0 Å². The van der Waals surface area contributed by atoms with Crippen molar-refractivity contribution in [3.63, 3.8) is 0 Å². The molecule has 0 unspecified atom stereocenters. The van der Waals surface area contributed by atoms with Gasteiger partial charge >= 0.3 is 0 Å². The van der Waals surface area contributed by atoms with Gasteiger partial charge in [-0.05, 0) is 24.6 Å². The first-order chi connectivity index (χ1) is 9.22. The number of thioether (sulfide) groups is 1. The maximum Gasteiger partial charge on any atom is 0.143 e. The molecule has 0 aliphatic heterocycles. The first kappa shape index (κ1) is 16.8. The number of carbonyl (C=O) groups is 1. The number of ketones is 1. The largest absolute Gasteiger partial charge is 0.299 e. The number of halogens is 1. The zero-order valence-corrected chi connectivity index (χ0v) is 14.1. The molecule has 0 radical (unpaired) electrons. The van der Waals surface area contributed by atoms with Gasteiger partial charge in [0.15, 0.2) is 0 Å². The smallest absolute Gasteiger partial charge is 0.143 e. The lowest BCUT2D eigenvalue weighted by Gasteiger charge is -2.03. The Labute approximate surface area is 129 Å². The number of rotatable bonds is 10. The quantitative estimate of drug-likeness (QED) is 0.391. The second-order valence-corrected chi connectivity index (χ2v) is 6.77. The minimum Gasteiger partial charge on any atom is -0.299 e. The highest BCUT2D eigenvalue weighted by Crippen LogP contribution is 2.22. The first-order valence-corrected chi connectivity index (χ1v) is 8.90. The second-order valence-electron chi connectivity index (χ2n) is 4.80. The molecule has 0 aliphatic rings. The van der Waals surface area contributed by atoms with E-state index >= 15 is 0 Å². The Kier molecular flexibility index (Phi) is 9.27. The van der Waals surface area contributed by atoms with Gasteiger partial charge in [0.1, 0.15) is 5.78 Å². The highest BCUT2D eigenvalue weighted by molar-refractivity contribution is 9.10. The first-order valence-electron chi connectivity index (χ1n) is 7.12. The molecule has 3 heteroatoms. The van der Waals surface area contributed by atoms with Gasteiger partial charge in [0, 0.05) is 15.8 Å². The maximum atomic E-state index is 11.8. The molecule has 0 atom stereocenters. The van der Waals surface area contributed by atoms with Crippen LogP contribution in [0.2, 0.25) is 0 Å². The molecule has 0 saturated heterocycles. The molecule has 0 heterocycles. The predicted molar refractivity (Wildman–Crippen MR) is 87.9 cm³/mol. The Hall–Kier alpha value is -0.280. The van der Waals surface area contributed by atoms with E-state index in [2.05, 4.69) is 28.9 Å². The van der Waals surface area contributed by atoms with E-state index in [4.69, 9.17) is 0 Å². The third-order valence-electron chi connectivity index (χ3n) is 3.01. The molecule has 0 saturated carbocycles. The van der Waals surface area contributed by atoms with Crippen molar-refractivity contribution in [3.8, 4) is 0 Å². The molecule has 1 rings (SSSR count). The van der Waals surface area contributed by atoms with E-state index in [1.165, 1.54) is 32.1 Å². The Bertz CT molecular complexity index is 379. The van der Waals surface area contributed by atoms with Crippen molar-refractivity contribution >= 4 is 33.5 Å². The van der Waals surface area contributed by atoms with Crippen LogP contribution in [0.4, 0.5) is 0 Å². The van der Waals surface area contributed by atoms with Crippen molar-refractivity contribution < 1.29 is 4.79 Å². The SMILES string of the molecule is CCCCCCCCC(=O)CSc1cccc(Br)c1. The van der Waals surface area contributed by atoms with Gasteiger partial charge in [0.05, 0.1) is 5.75 Å². The fourth-order valence-corrected chi connectivity index (χ4v) is 3.30. The van der Waals surface area contributed by atoms with Crippen molar-refractivity contribution in [3.05, 3.63) is 28.7 Å². The molecule has 0 amide bonds. The highest BCUT2D eigenvalue weighted by Gasteiger charge is 2.03. The summed E-state index contributed by atoms with van der Waals surface area (Å²) in [4.78, 5) is 12.9. The molecule has 1 nitrogen and oxygen atoms in total. The van der Waals surface area contributed by atoms with Crippen LogP contribution in [0.15, 0.2) is 33.6 Å². The zero-order chi connectivity index (χ0) is 13.9. The number of hydrogen-bond donors (Lipinski definition) is 0. The Morgan fingerprint density at radius 2 is 1.89 bits per heavy atom. The molecule has 0 fully saturated rings. The van der Waals surface area contributed by atoms with Crippen LogP contribution in [0.5, 0.6) is 0 Å². The molecule has 0 aromatic heterocycles. The second kappa shape index (κ2) is 10.5. The number of hydrogen-bond acceptors (Lipinski definition) is 2. The Morgan fingerprint density at radius 1 is 1.16 bits per heavy atom. The van der Waals surface area contributed by atoms with Crippen molar-refractivity contribution in [1.82, 2.24) is 0 Å². The molecule has 0 spiro atoms. The van der Waals surface area contributed by atoms with Crippen molar-refractivity contribution in [2.24, 2.45) is 0 Å². The van der Waals surface area contributed by atoms with Gasteiger partial charge in [0.2, 0.25) is 0 Å². The lowest BCUT2D eigenvalue weighted by molar-refractivity contribution is -0.116. The number of carbonyl (C=O) groups excluding carboxylic acids is 1. The van der Waals surface area contributed by atoms with Gasteiger partial charge < -0.3 is 0 Å². The summed E-state index contributed by atoms with van der Waals surface area (Å²) in [5, 5.41) is 0. The highest BCUT2D eigenvalue weighted by atomic mass is 79.9. The van der Waals surface area contributed by atoms with E-state index in [0.29, 0.717) is 11.5 Å². The summed E-state index contributed by atoms with van der Waals surface area (Å²) in [6, 6.07) is 8.11. The topological polar surface area (TPSA) is 17.1 Å². The standard InChI is InChI=1S/C16H23BrOS/c1-2-3-4-5-6-7-10-15(18)13-19-16-11-8-9-14(17)12-16/h8-9,11-12H,2-7,10,13H2,1H3. The molecule has 1 aromatic rings. The van der Waals surface area contributed by atoms with E-state index < -0.39 is 0 Å². The van der Waals surface area contributed by atoms with E-state index in [0.717, 1.165) is 22.2 Å². The van der Waals surface area contributed by atoms with Crippen LogP contribution in [0.25, 0.3) is 0 Å². The number of benzene rings is 1. The van der Waals surface area contributed by atoms with Crippen LogP contribution in [0, 0.1) is 0 Å². The summed E-state index contributed by atoms with van der Waals surface area (Å²) in [6.07, 6.45) is 8.20. The monoisotopic (exact) mass is 342 g/mol. The normalized spacial score (nSPS) is 10.6. The summed E-state index contributed by atoms with van der Waals surface area (Å²) < 4.78 is 1.07. The Morgan fingerprint density at radius 3 is 2.63 bits per heavy atom. The lowest BCUT2D eigenvalue weighted by atomic mass is 10.1. The molecule has 0 bridgehead atoms. The van der Waals surface area contributed by atoms with E-state index in [-0.39, 0.29) is 0 Å². The van der Waals surface area contributed by atoms with Crippen LogP contribution < -0.4 is 0 Å². The summed E-state index contributed by atoms with van der Waals surface area (Å²) in [5.41, 5.74) is 0. The van der Waals surface area contributed by atoms with Crippen molar-refractivity contribution in [2.45, 2.75) is 56.8 Å². The maximum absolute atomic E-state index is 11.8. The van der Waals surface area contributed by atoms with E-state index in [1.54, 1.807) is 11.8 Å². The van der Waals surface area contributed by atoms with Crippen LogP contribution in [0.1, 0.15) is 51.9 Å². The van der Waals surface area contributed by atoms with Gasteiger partial charge in [-0.2, -0.15) is 0 Å². The van der Waals surface area contributed by atoms with Crippen molar-refractivity contribution in [1.29, 1.82) is 0 Å². The predicted octanol–water partition coefficient (Wildman–Crippen LogP) is 5.86. The minimum atomic E-state index is 0.375. The fourth-order valence-electron chi connectivity index (χ4n) is 1.90. The van der Waals surface area contributed by atoms with E-state index in [1.807, 2.05) is 18.2 Å². The zero-order valence-electron chi connectivity index (χ0n) is 11.7. The molecular weight excluding hydrogens is 320 g/mol. The summed E-state index contributed by atoms with van der Waals surface area (Å²) in [6.45, 7) is 2.22. The molecule has 106 valence electrons. The summed E-state index contributed by atoms with van der Waals surface area (Å²) in [7, 11) is 0. The van der Waals surface area contributed by atoms with Crippen molar-refractivity contribution in [2.75, 3.05) is 5.75 Å². The third kappa shape index (κ3) is 8.48. The van der Waals surface area contributed by atoms with Gasteiger partial charge in [-0.15, -0.1) is 11.8 Å². The third-order valence-corrected chi connectivity index (χ3v) is 4.55. The average molecular weight is 343 g/mol. The average Bonchev–Trinajstić information content (AvgIpc) is 2.40. The number of Topliss-reactive ketones (excluding diaryl/α,β-unsaturated/α-hetero) is 1. The van der Waals surface area contributed by atoms with Gasteiger partial charge in [0.25, 0.3) is 0 Å². The molecule has 0 aliphatic carbocycles. The Balaban J connectivity index is 2.08. The minimum absolute atomic E-state index is 0.375. The van der Waals surface area contributed by atoms with Crippen LogP contribution >= 0.6 is 27.7 Å².